The van der Waals surface area contributed by atoms with Crippen LogP contribution in [0.3, 0.4) is 0 Å². The second-order valence-electron chi connectivity index (χ2n) is 5.07. The van der Waals surface area contributed by atoms with Crippen LogP contribution in [0.1, 0.15) is 34.1 Å². The van der Waals surface area contributed by atoms with Crippen LogP contribution in [0, 0.1) is 0 Å². The molecule has 114 valence electrons. The van der Waals surface area contributed by atoms with Crippen molar-refractivity contribution in [2.75, 3.05) is 5.73 Å². The molecule has 0 unspecified atom stereocenters. The Bertz CT molecular complexity index is 871. The number of hydrogen-bond acceptors (Lipinski definition) is 4. The summed E-state index contributed by atoms with van der Waals surface area (Å²) in [6, 6.07) is 5.62. The molecule has 1 aliphatic carbocycles. The van der Waals surface area contributed by atoms with Gasteiger partial charge in [-0.15, -0.1) is 0 Å². The van der Waals surface area contributed by atoms with Gasteiger partial charge in [0.2, 0.25) is 0 Å². The number of fused-ring (bicyclic) bond motifs is 1. The Kier molecular flexibility index (Phi) is 3.61. The van der Waals surface area contributed by atoms with Gasteiger partial charge in [-0.25, -0.2) is 4.79 Å². The van der Waals surface area contributed by atoms with Gasteiger partial charge < -0.3 is 16.0 Å². The third-order valence-corrected chi connectivity index (χ3v) is 4.47. The standard InChI is InChI=1S/C14H13BrN4O3/c15-8-3-1-2-7-6(8)4-5-9(7)17-13(21)11-10(16)12(20)19-14(22)18-11/h1-3,9H,4-5,16H2,(H,17,21)(H2,18,19,20,22)/t9-/m0/s1. The Labute approximate surface area is 133 Å². The smallest absolute Gasteiger partial charge is 0.326 e. The van der Waals surface area contributed by atoms with Gasteiger partial charge in [0.1, 0.15) is 11.4 Å². The molecule has 1 atom stereocenters. The molecule has 7 nitrogen and oxygen atoms in total. The number of aromatic nitrogens is 2. The van der Waals surface area contributed by atoms with E-state index in [0.717, 1.165) is 28.4 Å². The fraction of sp³-hybridized carbons (Fsp3) is 0.214. The number of amides is 1. The van der Waals surface area contributed by atoms with Gasteiger partial charge in [-0.1, -0.05) is 28.1 Å². The van der Waals surface area contributed by atoms with E-state index in [1.54, 1.807) is 0 Å². The highest BCUT2D eigenvalue weighted by atomic mass is 79.9. The first kappa shape index (κ1) is 14.6. The Morgan fingerprint density at radius 2 is 2.09 bits per heavy atom. The number of rotatable bonds is 2. The first-order valence-corrected chi connectivity index (χ1v) is 7.47. The van der Waals surface area contributed by atoms with Crippen molar-refractivity contribution in [3.8, 4) is 0 Å². The van der Waals surface area contributed by atoms with Crippen LogP contribution >= 0.6 is 15.9 Å². The minimum absolute atomic E-state index is 0.179. The molecule has 1 amide bonds. The van der Waals surface area contributed by atoms with Gasteiger partial charge >= 0.3 is 5.69 Å². The van der Waals surface area contributed by atoms with Gasteiger partial charge in [-0.3, -0.25) is 14.6 Å². The molecule has 0 spiro atoms. The molecule has 1 aromatic heterocycles. The molecule has 3 rings (SSSR count). The Hall–Kier alpha value is -2.35. The lowest BCUT2D eigenvalue weighted by Gasteiger charge is -2.14. The van der Waals surface area contributed by atoms with Crippen molar-refractivity contribution >= 4 is 27.5 Å². The first-order chi connectivity index (χ1) is 10.5. The second-order valence-corrected chi connectivity index (χ2v) is 5.92. The van der Waals surface area contributed by atoms with Gasteiger partial charge in [0.25, 0.3) is 11.5 Å². The van der Waals surface area contributed by atoms with Crippen LogP contribution in [0.5, 0.6) is 0 Å². The minimum atomic E-state index is -0.775. The number of hydrogen-bond donors (Lipinski definition) is 4. The number of halogens is 1. The normalized spacial score (nSPS) is 16.3. The quantitative estimate of drug-likeness (QED) is 0.630. The molecule has 0 radical (unpaired) electrons. The van der Waals surface area contributed by atoms with Crippen LogP contribution in [-0.2, 0) is 6.42 Å². The van der Waals surface area contributed by atoms with Crippen LogP contribution in [0.2, 0.25) is 0 Å². The van der Waals surface area contributed by atoms with E-state index >= 15 is 0 Å². The van der Waals surface area contributed by atoms with E-state index in [2.05, 4.69) is 26.2 Å². The van der Waals surface area contributed by atoms with Crippen LogP contribution in [0.25, 0.3) is 0 Å². The van der Waals surface area contributed by atoms with Crippen molar-refractivity contribution in [1.29, 1.82) is 0 Å². The second kappa shape index (κ2) is 5.45. The fourth-order valence-electron chi connectivity index (χ4n) is 2.67. The molecule has 1 aromatic carbocycles. The van der Waals surface area contributed by atoms with E-state index in [4.69, 9.17) is 5.73 Å². The number of anilines is 1. The van der Waals surface area contributed by atoms with Crippen molar-refractivity contribution in [1.82, 2.24) is 15.3 Å². The van der Waals surface area contributed by atoms with E-state index in [9.17, 15) is 14.4 Å². The average Bonchev–Trinajstić information content (AvgIpc) is 2.87. The van der Waals surface area contributed by atoms with Crippen LogP contribution in [-0.4, -0.2) is 15.9 Å². The van der Waals surface area contributed by atoms with E-state index in [-0.39, 0.29) is 17.4 Å². The number of aromatic amines is 2. The van der Waals surface area contributed by atoms with E-state index < -0.39 is 17.2 Å². The molecular weight excluding hydrogens is 352 g/mol. The van der Waals surface area contributed by atoms with Gasteiger partial charge in [0, 0.05) is 4.47 Å². The van der Waals surface area contributed by atoms with Gasteiger partial charge in [0.15, 0.2) is 0 Å². The molecule has 5 N–H and O–H groups in total. The summed E-state index contributed by atoms with van der Waals surface area (Å²) >= 11 is 3.49. The summed E-state index contributed by atoms with van der Waals surface area (Å²) in [5.41, 5.74) is 5.69. The number of H-pyrrole nitrogens is 2. The maximum Gasteiger partial charge on any atom is 0.326 e. The van der Waals surface area contributed by atoms with Crippen molar-refractivity contribution in [2.24, 2.45) is 0 Å². The molecule has 2 aromatic rings. The number of benzene rings is 1. The maximum atomic E-state index is 12.3. The number of nitrogens with one attached hydrogen (secondary N) is 3. The van der Waals surface area contributed by atoms with E-state index in [0.29, 0.717) is 0 Å². The van der Waals surface area contributed by atoms with Crippen molar-refractivity contribution in [3.63, 3.8) is 0 Å². The zero-order valence-electron chi connectivity index (χ0n) is 11.4. The van der Waals surface area contributed by atoms with E-state index in [1.165, 1.54) is 0 Å². The molecule has 1 heterocycles. The Morgan fingerprint density at radius 1 is 1.32 bits per heavy atom. The monoisotopic (exact) mass is 364 g/mol. The molecule has 0 saturated carbocycles. The highest BCUT2D eigenvalue weighted by Gasteiger charge is 2.26. The third kappa shape index (κ3) is 2.45. The molecule has 22 heavy (non-hydrogen) atoms. The zero-order valence-corrected chi connectivity index (χ0v) is 13.0. The summed E-state index contributed by atoms with van der Waals surface area (Å²) in [6.45, 7) is 0. The molecule has 0 aliphatic heterocycles. The zero-order chi connectivity index (χ0) is 15.9. The topological polar surface area (TPSA) is 121 Å². The van der Waals surface area contributed by atoms with Crippen LogP contribution < -0.4 is 22.3 Å². The number of carbonyl (C=O) groups is 1. The van der Waals surface area contributed by atoms with Crippen LogP contribution in [0.4, 0.5) is 5.69 Å². The molecule has 8 heteroatoms. The maximum absolute atomic E-state index is 12.3. The molecular formula is C14H13BrN4O3. The molecule has 0 bridgehead atoms. The predicted molar refractivity (Wildman–Crippen MR) is 84.8 cm³/mol. The Balaban J connectivity index is 1.90. The van der Waals surface area contributed by atoms with Crippen LogP contribution in [0.15, 0.2) is 32.3 Å². The summed E-state index contributed by atoms with van der Waals surface area (Å²) in [5.74, 6) is -0.571. The third-order valence-electron chi connectivity index (χ3n) is 3.73. The minimum Gasteiger partial charge on any atom is -0.392 e. The SMILES string of the molecule is Nc1c(C(=O)N[C@H]2CCc3c(Br)cccc32)[nH]c(=O)[nH]c1=O. The Morgan fingerprint density at radius 3 is 2.86 bits per heavy atom. The summed E-state index contributed by atoms with van der Waals surface area (Å²) < 4.78 is 1.01. The lowest BCUT2D eigenvalue weighted by Crippen LogP contribution is -2.34. The number of nitrogens with two attached hydrogens (primary N) is 1. The summed E-state index contributed by atoms with van der Waals surface area (Å²) in [7, 11) is 0. The van der Waals surface area contributed by atoms with Crippen molar-refractivity contribution in [3.05, 3.63) is 60.3 Å². The number of nitrogen functional groups attached to an aromatic ring is 1. The van der Waals surface area contributed by atoms with Crippen molar-refractivity contribution < 1.29 is 4.79 Å². The average molecular weight is 365 g/mol. The lowest BCUT2D eigenvalue weighted by molar-refractivity contribution is 0.0932. The summed E-state index contributed by atoms with van der Waals surface area (Å²) in [5, 5.41) is 2.81. The summed E-state index contributed by atoms with van der Waals surface area (Å²) in [4.78, 5) is 39.3. The summed E-state index contributed by atoms with van der Waals surface area (Å²) in [6.07, 6.45) is 1.58. The van der Waals surface area contributed by atoms with Gasteiger partial charge in [-0.2, -0.15) is 0 Å². The predicted octanol–water partition coefficient (Wildman–Crippen LogP) is 0.825. The lowest BCUT2D eigenvalue weighted by atomic mass is 10.1. The number of carbonyl (C=O) groups excluding carboxylic acids is 1. The molecule has 0 saturated heterocycles. The van der Waals surface area contributed by atoms with Crippen molar-refractivity contribution in [2.45, 2.75) is 18.9 Å². The molecule has 0 fully saturated rings. The first-order valence-electron chi connectivity index (χ1n) is 6.67. The van der Waals surface area contributed by atoms with E-state index in [1.807, 2.05) is 23.2 Å². The fourth-order valence-corrected chi connectivity index (χ4v) is 3.25. The van der Waals surface area contributed by atoms with Gasteiger partial charge in [0.05, 0.1) is 6.04 Å². The largest absolute Gasteiger partial charge is 0.392 e. The van der Waals surface area contributed by atoms with Gasteiger partial charge in [-0.05, 0) is 30.0 Å². The highest BCUT2D eigenvalue weighted by molar-refractivity contribution is 9.10. The molecule has 1 aliphatic rings. The highest BCUT2D eigenvalue weighted by Crippen LogP contribution is 2.35.